The van der Waals surface area contributed by atoms with Gasteiger partial charge in [-0.2, -0.15) is 0 Å². The van der Waals surface area contributed by atoms with Gasteiger partial charge >= 0.3 is 0 Å². The Morgan fingerprint density at radius 1 is 0.678 bits per heavy atom. The van der Waals surface area contributed by atoms with Crippen molar-refractivity contribution in [1.82, 2.24) is 19.9 Å². The van der Waals surface area contributed by atoms with Crippen LogP contribution in [-0.2, 0) is 40.9 Å². The molecule has 1 spiro atoms. The number of H-pyrrole nitrogens is 2. The highest BCUT2D eigenvalue weighted by Gasteiger charge is 2.45. The van der Waals surface area contributed by atoms with E-state index in [0.717, 1.165) is 98.7 Å². The molecule has 0 atom stereocenters. The molecule has 0 saturated carbocycles. The number of ketones is 1. The van der Waals surface area contributed by atoms with Gasteiger partial charge in [0.05, 0.1) is 49.9 Å². The van der Waals surface area contributed by atoms with Crippen LogP contribution in [0.3, 0.4) is 0 Å². The number of benzene rings is 4. The topological polar surface area (TPSA) is 111 Å². The number of ether oxygens (including phenoxy) is 4. The number of carbonyl (C=O) groups is 1. The fourth-order valence-electron chi connectivity index (χ4n) is 9.31. The zero-order chi connectivity index (χ0) is 40.3. The Morgan fingerprint density at radius 2 is 1.22 bits per heavy atom. The van der Waals surface area contributed by atoms with Crippen LogP contribution in [0.5, 0.6) is 11.5 Å². The van der Waals surface area contributed by atoms with Crippen LogP contribution in [0.2, 0.25) is 0 Å². The van der Waals surface area contributed by atoms with Crippen LogP contribution >= 0.6 is 0 Å². The summed E-state index contributed by atoms with van der Waals surface area (Å²) in [5, 5.41) is 4.54. The first-order chi connectivity index (χ1) is 28.8. The van der Waals surface area contributed by atoms with Gasteiger partial charge in [0.15, 0.2) is 28.9 Å². The zero-order valence-corrected chi connectivity index (χ0v) is 32.8. The van der Waals surface area contributed by atoms with Gasteiger partial charge in [-0.15, -0.1) is 0 Å². The summed E-state index contributed by atoms with van der Waals surface area (Å²) in [5.41, 5.74) is 11.0. The summed E-state index contributed by atoms with van der Waals surface area (Å²) in [7, 11) is 2.92. The molecule has 4 aromatic heterocycles. The molecule has 2 N–H and O–H groups in total. The minimum absolute atomic E-state index is 0.0931. The second kappa shape index (κ2) is 14.9. The van der Waals surface area contributed by atoms with E-state index >= 15 is 0 Å². The molecule has 9 nitrogen and oxygen atoms in total. The SMILES string of the molecule is COc1ccc(Cc2nc3c(c4c2[nH]c2ccccc24)CCCC32OCCO2)cc1F.COc1ccc(Cc2nc3c(c4c2[nH]c2ccccc24)CCCC3=O)cc1F. The third-order valence-corrected chi connectivity index (χ3v) is 12.0. The number of carbonyl (C=O) groups excluding carboxylic acids is 1. The number of nitrogens with zero attached hydrogens (tertiary/aromatic N) is 2. The lowest BCUT2D eigenvalue weighted by atomic mass is 9.87. The zero-order valence-electron chi connectivity index (χ0n) is 32.8. The molecule has 11 rings (SSSR count). The van der Waals surface area contributed by atoms with Crippen molar-refractivity contribution in [2.75, 3.05) is 27.4 Å². The van der Waals surface area contributed by atoms with Crippen molar-refractivity contribution in [1.29, 1.82) is 0 Å². The summed E-state index contributed by atoms with van der Waals surface area (Å²) in [6, 6.07) is 26.4. The third-order valence-electron chi connectivity index (χ3n) is 12.0. The molecule has 1 aliphatic heterocycles. The lowest BCUT2D eigenvalue weighted by Gasteiger charge is -2.33. The Kier molecular flexibility index (Phi) is 9.37. The maximum absolute atomic E-state index is 14.4. The van der Waals surface area contributed by atoms with Gasteiger partial charge in [0.2, 0.25) is 5.79 Å². The number of halogens is 2. The molecule has 1 fully saturated rings. The molecule has 3 aliphatic rings. The van der Waals surface area contributed by atoms with Crippen LogP contribution in [-0.4, -0.2) is 53.2 Å². The molecular formula is C48H42F2N4O5. The van der Waals surface area contributed by atoms with Crippen molar-refractivity contribution in [2.45, 2.75) is 57.2 Å². The minimum Gasteiger partial charge on any atom is -0.494 e. The fourth-order valence-corrected chi connectivity index (χ4v) is 9.31. The third kappa shape index (κ3) is 6.40. The highest BCUT2D eigenvalue weighted by molar-refractivity contribution is 6.13. The normalized spacial score (nSPS) is 15.8. The molecule has 0 amide bonds. The van der Waals surface area contributed by atoms with Crippen molar-refractivity contribution in [3.63, 3.8) is 0 Å². The predicted octanol–water partition coefficient (Wildman–Crippen LogP) is 9.96. The number of rotatable bonds is 6. The summed E-state index contributed by atoms with van der Waals surface area (Å²) in [5.74, 6) is -0.986. The highest BCUT2D eigenvalue weighted by Crippen LogP contribution is 2.45. The van der Waals surface area contributed by atoms with E-state index in [1.807, 2.05) is 36.4 Å². The van der Waals surface area contributed by atoms with E-state index in [9.17, 15) is 13.6 Å². The Balaban J connectivity index is 0.000000143. The minimum atomic E-state index is -0.764. The number of aromatic nitrogens is 4. The van der Waals surface area contributed by atoms with Crippen LogP contribution < -0.4 is 9.47 Å². The Morgan fingerprint density at radius 3 is 1.80 bits per heavy atom. The van der Waals surface area contributed by atoms with E-state index in [-0.39, 0.29) is 23.1 Å². The average Bonchev–Trinajstić information content (AvgIpc) is 3.99. The lowest BCUT2D eigenvalue weighted by Crippen LogP contribution is -2.33. The van der Waals surface area contributed by atoms with E-state index in [2.05, 4.69) is 34.2 Å². The second-order valence-corrected chi connectivity index (χ2v) is 15.5. The largest absolute Gasteiger partial charge is 0.494 e. The first kappa shape index (κ1) is 37.1. The van der Waals surface area contributed by atoms with Gasteiger partial charge in [0.1, 0.15) is 11.4 Å². The molecule has 0 unspecified atom stereocenters. The molecule has 11 heteroatoms. The second-order valence-electron chi connectivity index (χ2n) is 15.5. The number of hydrogen-bond donors (Lipinski definition) is 2. The highest BCUT2D eigenvalue weighted by atomic mass is 19.1. The number of methoxy groups -OCH3 is 2. The maximum atomic E-state index is 14.4. The number of fused-ring (bicyclic) bond motifs is 11. The predicted molar refractivity (Wildman–Crippen MR) is 223 cm³/mol. The number of para-hydroxylation sites is 2. The summed E-state index contributed by atoms with van der Waals surface area (Å²) in [6.45, 7) is 1.15. The molecular weight excluding hydrogens is 751 g/mol. The number of nitrogens with one attached hydrogen (secondary N) is 2. The standard InChI is InChI=1S/C25H23FN2O3.C23H19FN2O2/c1-29-21-9-8-15(13-18(21)26)14-20-23-22(16-5-2-3-7-19(16)27-23)17-6-4-10-25(24(17)28-20)30-11-12-31-25;1-28-20-10-9-13(11-16(20)24)12-18-23-21(14-5-2-3-7-17(14)25-23)15-6-4-8-19(27)22(15)26-18/h2-3,5,7-9,13,27H,4,6,10-12,14H2,1H3;2-3,5,7,9-11,25H,4,6,8,12H2,1H3. The first-order valence-corrected chi connectivity index (χ1v) is 20.1. The van der Waals surface area contributed by atoms with E-state index in [0.29, 0.717) is 38.2 Å². The van der Waals surface area contributed by atoms with Crippen molar-refractivity contribution < 1.29 is 32.5 Å². The summed E-state index contributed by atoms with van der Waals surface area (Å²) < 4.78 is 50.9. The van der Waals surface area contributed by atoms with E-state index in [1.54, 1.807) is 12.1 Å². The number of pyridine rings is 2. The van der Waals surface area contributed by atoms with Crippen molar-refractivity contribution in [3.05, 3.63) is 142 Å². The Bertz CT molecular complexity index is 2950. The molecule has 2 aliphatic carbocycles. The fraction of sp³-hybridized carbons (Fsp3) is 0.271. The average molecular weight is 793 g/mol. The van der Waals surface area contributed by atoms with E-state index < -0.39 is 11.6 Å². The molecule has 298 valence electrons. The summed E-state index contributed by atoms with van der Waals surface area (Å²) in [4.78, 5) is 29.5. The van der Waals surface area contributed by atoms with E-state index in [4.69, 9.17) is 28.9 Å². The molecule has 0 radical (unpaired) electrons. The van der Waals surface area contributed by atoms with Gasteiger partial charge in [-0.25, -0.2) is 18.7 Å². The van der Waals surface area contributed by atoms with Crippen molar-refractivity contribution >= 4 is 49.4 Å². The summed E-state index contributed by atoms with van der Waals surface area (Å²) in [6.07, 6.45) is 5.90. The maximum Gasteiger partial charge on any atom is 0.212 e. The number of aryl methyl sites for hydroxylation is 2. The smallest absolute Gasteiger partial charge is 0.212 e. The number of hydrogen-bond acceptors (Lipinski definition) is 7. The molecule has 1 saturated heterocycles. The van der Waals surface area contributed by atoms with Gasteiger partial charge in [0.25, 0.3) is 0 Å². The monoisotopic (exact) mass is 792 g/mol. The number of Topliss-reactive ketones (excluding diaryl/α,β-unsaturated/α-hetero) is 1. The molecule has 4 aromatic carbocycles. The van der Waals surface area contributed by atoms with Gasteiger partial charge in [-0.05, 0) is 84.3 Å². The molecule has 8 aromatic rings. The van der Waals surface area contributed by atoms with Crippen molar-refractivity contribution in [3.8, 4) is 11.5 Å². The van der Waals surface area contributed by atoms with Gasteiger partial charge in [-0.1, -0.05) is 48.5 Å². The van der Waals surface area contributed by atoms with Crippen LogP contribution in [0, 0.1) is 11.6 Å². The van der Waals surface area contributed by atoms with E-state index in [1.165, 1.54) is 42.7 Å². The number of aromatic amines is 2. The van der Waals surface area contributed by atoms with Crippen LogP contribution in [0.15, 0.2) is 84.9 Å². The van der Waals surface area contributed by atoms with Gasteiger partial charge in [0, 0.05) is 58.3 Å². The van der Waals surface area contributed by atoms with Crippen LogP contribution in [0.4, 0.5) is 8.78 Å². The molecule has 59 heavy (non-hydrogen) atoms. The quantitative estimate of drug-likeness (QED) is 0.173. The Hall–Kier alpha value is -6.17. The van der Waals surface area contributed by atoms with Crippen LogP contribution in [0.25, 0.3) is 43.6 Å². The Labute approximate surface area is 338 Å². The van der Waals surface area contributed by atoms with Crippen LogP contribution in [0.1, 0.15) is 75.5 Å². The molecule has 0 bridgehead atoms. The van der Waals surface area contributed by atoms with Gasteiger partial charge in [-0.3, -0.25) is 4.79 Å². The molecule has 5 heterocycles. The summed E-state index contributed by atoms with van der Waals surface area (Å²) >= 11 is 0. The van der Waals surface area contributed by atoms with Gasteiger partial charge < -0.3 is 28.9 Å². The lowest BCUT2D eigenvalue weighted by molar-refractivity contribution is -0.178. The van der Waals surface area contributed by atoms with Crippen molar-refractivity contribution in [2.24, 2.45) is 0 Å². The first-order valence-electron chi connectivity index (χ1n) is 20.1.